The predicted molar refractivity (Wildman–Crippen MR) is 84.7 cm³/mol. The van der Waals surface area contributed by atoms with E-state index in [1.807, 2.05) is 0 Å². The summed E-state index contributed by atoms with van der Waals surface area (Å²) in [6.45, 7) is 1.21. The first-order chi connectivity index (χ1) is 10.6. The van der Waals surface area contributed by atoms with Crippen molar-refractivity contribution in [3.05, 3.63) is 17.4 Å². The molecule has 4 aliphatic carbocycles. The molecule has 0 atom stereocenters. The van der Waals surface area contributed by atoms with E-state index < -0.39 is 0 Å². The topological polar surface area (TPSA) is 59.0 Å². The maximum absolute atomic E-state index is 12.2. The van der Waals surface area contributed by atoms with E-state index in [1.54, 1.807) is 17.1 Å². The molecule has 1 aromatic rings. The Hall–Kier alpha value is -1.23. The first kappa shape index (κ1) is 14.4. The molecular formula is C16H23ClN4O. The summed E-state index contributed by atoms with van der Waals surface area (Å²) >= 11 is 5.82. The number of rotatable bonds is 4. The summed E-state index contributed by atoms with van der Waals surface area (Å²) in [5, 5.41) is 11.0. The number of nitrogens with zero attached hydrogens (tertiary/aromatic N) is 2. The highest BCUT2D eigenvalue weighted by Gasteiger charge is 2.51. The third-order valence-corrected chi connectivity index (χ3v) is 5.84. The van der Waals surface area contributed by atoms with Gasteiger partial charge in [0.05, 0.1) is 17.8 Å². The molecule has 0 radical (unpaired) electrons. The minimum Gasteiger partial charge on any atom is -0.336 e. The molecule has 0 unspecified atom stereocenters. The average Bonchev–Trinajstić information content (AvgIpc) is 2.82. The van der Waals surface area contributed by atoms with Crippen LogP contribution in [-0.4, -0.2) is 27.9 Å². The molecule has 0 aliphatic heterocycles. The first-order valence-electron chi connectivity index (χ1n) is 8.34. The smallest absolute Gasteiger partial charge is 0.315 e. The Bertz CT molecular complexity index is 535. The highest BCUT2D eigenvalue weighted by molar-refractivity contribution is 6.30. The highest BCUT2D eigenvalue weighted by Crippen LogP contribution is 2.55. The van der Waals surface area contributed by atoms with Crippen LogP contribution in [0.15, 0.2) is 12.4 Å². The molecule has 5 rings (SSSR count). The lowest BCUT2D eigenvalue weighted by Gasteiger charge is -2.56. The molecule has 2 N–H and O–H groups in total. The van der Waals surface area contributed by atoms with Gasteiger partial charge in [0, 0.05) is 18.3 Å². The fourth-order valence-corrected chi connectivity index (χ4v) is 5.45. The molecular weight excluding hydrogens is 300 g/mol. The van der Waals surface area contributed by atoms with Crippen molar-refractivity contribution in [1.82, 2.24) is 20.4 Å². The van der Waals surface area contributed by atoms with E-state index in [0.29, 0.717) is 18.1 Å². The van der Waals surface area contributed by atoms with Gasteiger partial charge in [-0.25, -0.2) is 4.79 Å². The molecule has 2 amide bonds. The molecule has 4 saturated carbocycles. The van der Waals surface area contributed by atoms with Gasteiger partial charge in [-0.1, -0.05) is 11.6 Å². The molecule has 6 heteroatoms. The summed E-state index contributed by atoms with van der Waals surface area (Å²) in [4.78, 5) is 12.2. The number of hydrogen-bond donors (Lipinski definition) is 2. The summed E-state index contributed by atoms with van der Waals surface area (Å²) in [5.41, 5.74) is 0.0772. The lowest BCUT2D eigenvalue weighted by atomic mass is 9.53. The van der Waals surface area contributed by atoms with Crippen molar-refractivity contribution in [3.8, 4) is 0 Å². The zero-order chi connectivity index (χ0) is 15.2. The van der Waals surface area contributed by atoms with Crippen LogP contribution in [0.1, 0.15) is 38.5 Å². The van der Waals surface area contributed by atoms with Crippen LogP contribution in [0.5, 0.6) is 0 Å². The van der Waals surface area contributed by atoms with E-state index in [4.69, 9.17) is 11.6 Å². The van der Waals surface area contributed by atoms with E-state index in [0.717, 1.165) is 17.8 Å². The van der Waals surface area contributed by atoms with Crippen LogP contribution in [0.3, 0.4) is 0 Å². The molecule has 120 valence electrons. The Kier molecular flexibility index (Phi) is 3.56. The van der Waals surface area contributed by atoms with Crippen LogP contribution in [0.4, 0.5) is 4.79 Å². The van der Waals surface area contributed by atoms with E-state index in [-0.39, 0.29) is 11.6 Å². The van der Waals surface area contributed by atoms with Crippen LogP contribution < -0.4 is 10.6 Å². The van der Waals surface area contributed by atoms with Gasteiger partial charge in [-0.3, -0.25) is 4.68 Å². The van der Waals surface area contributed by atoms with Crippen LogP contribution in [0.25, 0.3) is 0 Å². The molecule has 5 nitrogen and oxygen atoms in total. The standard InChI is InChI=1S/C16H23ClN4O/c17-14-9-19-21(10-14)2-1-18-15(22)20-16-6-11-3-12(7-16)5-13(4-11)8-16/h9-13H,1-8H2,(H2,18,20,22). The van der Waals surface area contributed by atoms with Gasteiger partial charge in [0.15, 0.2) is 0 Å². The van der Waals surface area contributed by atoms with Crippen molar-refractivity contribution in [2.75, 3.05) is 6.54 Å². The normalized spacial score (nSPS) is 35.6. The second-order valence-corrected chi connectivity index (χ2v) is 7.94. The number of hydrogen-bond acceptors (Lipinski definition) is 2. The first-order valence-corrected chi connectivity index (χ1v) is 8.72. The van der Waals surface area contributed by atoms with Crippen molar-refractivity contribution in [1.29, 1.82) is 0 Å². The van der Waals surface area contributed by atoms with Crippen LogP contribution in [-0.2, 0) is 6.54 Å². The minimum absolute atomic E-state index is 0.0276. The molecule has 0 spiro atoms. The Morgan fingerprint density at radius 3 is 2.45 bits per heavy atom. The molecule has 22 heavy (non-hydrogen) atoms. The van der Waals surface area contributed by atoms with Gasteiger partial charge >= 0.3 is 6.03 Å². The second-order valence-electron chi connectivity index (χ2n) is 7.50. The molecule has 1 aromatic heterocycles. The Morgan fingerprint density at radius 1 is 1.27 bits per heavy atom. The van der Waals surface area contributed by atoms with E-state index in [2.05, 4.69) is 15.7 Å². The summed E-state index contributed by atoms with van der Waals surface area (Å²) < 4.78 is 1.74. The third-order valence-electron chi connectivity index (χ3n) is 5.65. The minimum atomic E-state index is -0.0276. The maximum Gasteiger partial charge on any atom is 0.315 e. The van der Waals surface area contributed by atoms with Crippen LogP contribution in [0.2, 0.25) is 5.02 Å². The molecule has 0 aromatic carbocycles. The van der Waals surface area contributed by atoms with Gasteiger partial charge in [-0.2, -0.15) is 5.10 Å². The van der Waals surface area contributed by atoms with Crippen molar-refractivity contribution >= 4 is 17.6 Å². The Labute approximate surface area is 135 Å². The van der Waals surface area contributed by atoms with Gasteiger partial charge in [-0.15, -0.1) is 0 Å². The van der Waals surface area contributed by atoms with Crippen molar-refractivity contribution in [2.24, 2.45) is 17.8 Å². The number of aromatic nitrogens is 2. The van der Waals surface area contributed by atoms with E-state index in [1.165, 1.54) is 38.5 Å². The Balaban J connectivity index is 1.29. The Morgan fingerprint density at radius 2 is 1.91 bits per heavy atom. The molecule has 0 saturated heterocycles. The zero-order valence-electron chi connectivity index (χ0n) is 12.7. The summed E-state index contributed by atoms with van der Waals surface area (Å²) in [6, 6.07) is -0.0276. The largest absolute Gasteiger partial charge is 0.336 e. The highest BCUT2D eigenvalue weighted by atomic mass is 35.5. The molecule has 1 heterocycles. The lowest BCUT2D eigenvalue weighted by molar-refractivity contribution is -0.0135. The van der Waals surface area contributed by atoms with Crippen molar-refractivity contribution < 1.29 is 4.79 Å². The fourth-order valence-electron chi connectivity index (χ4n) is 5.29. The van der Waals surface area contributed by atoms with Gasteiger partial charge < -0.3 is 10.6 Å². The fraction of sp³-hybridized carbons (Fsp3) is 0.750. The summed E-state index contributed by atoms with van der Waals surface area (Å²) in [5.74, 6) is 2.54. The second kappa shape index (κ2) is 5.44. The van der Waals surface area contributed by atoms with Gasteiger partial charge in [0.2, 0.25) is 0 Å². The summed E-state index contributed by atoms with van der Waals surface area (Å²) in [7, 11) is 0. The number of carbonyl (C=O) groups excluding carboxylic acids is 1. The molecule has 4 bridgehead atoms. The zero-order valence-corrected chi connectivity index (χ0v) is 13.5. The van der Waals surface area contributed by atoms with Gasteiger partial charge in [-0.05, 0) is 56.3 Å². The number of amides is 2. The quantitative estimate of drug-likeness (QED) is 0.895. The average molecular weight is 323 g/mol. The molecule has 4 aliphatic rings. The van der Waals surface area contributed by atoms with Crippen molar-refractivity contribution in [2.45, 2.75) is 50.6 Å². The number of halogens is 1. The maximum atomic E-state index is 12.2. The number of nitrogens with one attached hydrogen (secondary N) is 2. The van der Waals surface area contributed by atoms with Crippen LogP contribution >= 0.6 is 11.6 Å². The van der Waals surface area contributed by atoms with E-state index >= 15 is 0 Å². The third kappa shape index (κ3) is 2.83. The SMILES string of the molecule is O=C(NCCn1cc(Cl)cn1)NC12CC3CC(CC(C3)C1)C2. The summed E-state index contributed by atoms with van der Waals surface area (Å²) in [6.07, 6.45) is 11.1. The molecule has 4 fully saturated rings. The predicted octanol–water partition coefficient (Wildman–Crippen LogP) is 2.80. The van der Waals surface area contributed by atoms with Crippen LogP contribution in [0, 0.1) is 17.8 Å². The van der Waals surface area contributed by atoms with Gasteiger partial charge in [0.25, 0.3) is 0 Å². The van der Waals surface area contributed by atoms with E-state index in [9.17, 15) is 4.79 Å². The van der Waals surface area contributed by atoms with Crippen molar-refractivity contribution in [3.63, 3.8) is 0 Å². The monoisotopic (exact) mass is 322 g/mol. The van der Waals surface area contributed by atoms with Gasteiger partial charge in [0.1, 0.15) is 0 Å². The number of carbonyl (C=O) groups is 1. The lowest BCUT2D eigenvalue weighted by Crippen LogP contribution is -2.61. The number of urea groups is 1.